The van der Waals surface area contributed by atoms with Crippen LogP contribution < -0.4 is 19.5 Å². The summed E-state index contributed by atoms with van der Waals surface area (Å²) in [4.78, 5) is 15.2. The van der Waals surface area contributed by atoms with Crippen LogP contribution in [0.25, 0.3) is 0 Å². The Morgan fingerprint density at radius 3 is 2.53 bits per heavy atom. The predicted molar refractivity (Wildman–Crippen MR) is 165 cm³/mol. The Morgan fingerprint density at radius 1 is 1.09 bits per heavy atom. The van der Waals surface area contributed by atoms with Crippen LogP contribution in [0, 0.1) is 5.92 Å². The number of benzene rings is 2. The smallest absolute Gasteiger partial charge is 0.416 e. The fraction of sp³-hybridized carbons (Fsp3) is 0.387. The first-order valence-electron chi connectivity index (χ1n) is 14.4. The number of hydrogen-bond acceptors (Lipinski definition) is 7. The van der Waals surface area contributed by atoms with E-state index in [0.717, 1.165) is 11.3 Å². The molecule has 12 heteroatoms. The number of fused-ring (bicyclic) bond motifs is 2. The monoisotopic (exact) mass is 645 g/mol. The van der Waals surface area contributed by atoms with E-state index in [9.17, 15) is 18.3 Å². The Bertz CT molecular complexity index is 1550. The highest BCUT2D eigenvalue weighted by molar-refractivity contribution is 7.90. The summed E-state index contributed by atoms with van der Waals surface area (Å²) in [5, 5.41) is 14.8. The number of carbonyl (C=O) groups is 1. The normalized spacial score (nSPS) is 23.7. The Labute approximate surface area is 261 Å². The summed E-state index contributed by atoms with van der Waals surface area (Å²) < 4.78 is 38.0. The third kappa shape index (κ3) is 6.89. The third-order valence-corrected chi connectivity index (χ3v) is 10.5. The van der Waals surface area contributed by atoms with Crippen molar-refractivity contribution < 1.29 is 27.8 Å². The molecule has 0 radical (unpaired) electrons. The van der Waals surface area contributed by atoms with Gasteiger partial charge in [-0.05, 0) is 72.9 Å². The molecule has 2 aromatic carbocycles. The van der Waals surface area contributed by atoms with Gasteiger partial charge in [0.1, 0.15) is 17.5 Å². The van der Waals surface area contributed by atoms with Crippen LogP contribution in [0.15, 0.2) is 83.1 Å². The first-order valence-corrected chi connectivity index (χ1v) is 16.7. The van der Waals surface area contributed by atoms with E-state index < -0.39 is 28.3 Å². The highest BCUT2D eigenvalue weighted by atomic mass is 35.5. The number of nitrogens with zero attached hydrogens (tertiary/aromatic N) is 1. The lowest BCUT2D eigenvalue weighted by atomic mass is 9.85. The molecule has 4 aliphatic rings. The van der Waals surface area contributed by atoms with Gasteiger partial charge < -0.3 is 19.9 Å². The lowest BCUT2D eigenvalue weighted by molar-refractivity contribution is 0.134. The summed E-state index contributed by atoms with van der Waals surface area (Å²) >= 11 is 12.4. The molecular weight excluding hydrogens is 613 g/mol. The SMILES string of the molecule is O=C(Oc1ccc(Cl)cc1)N1CCC2=C(NC3C=CC(Cl)=CC23)[C@@H]1c1ccc(OCCC(O)CNS(=O)(=O)C2CC2)cc1. The van der Waals surface area contributed by atoms with Crippen molar-refractivity contribution >= 4 is 39.3 Å². The van der Waals surface area contributed by atoms with E-state index in [1.807, 2.05) is 30.3 Å². The van der Waals surface area contributed by atoms with Crippen molar-refractivity contribution in [2.75, 3.05) is 19.7 Å². The van der Waals surface area contributed by atoms with Crippen LogP contribution in [0.4, 0.5) is 4.79 Å². The Hall–Kier alpha value is -3.02. The highest BCUT2D eigenvalue weighted by Crippen LogP contribution is 2.45. The van der Waals surface area contributed by atoms with Gasteiger partial charge in [0.2, 0.25) is 10.0 Å². The number of ether oxygens (including phenoxy) is 2. The largest absolute Gasteiger partial charge is 0.493 e. The van der Waals surface area contributed by atoms with Crippen LogP contribution in [0.5, 0.6) is 11.5 Å². The molecule has 1 amide bonds. The van der Waals surface area contributed by atoms with Crippen LogP contribution in [-0.2, 0) is 10.0 Å². The topological polar surface area (TPSA) is 117 Å². The Balaban J connectivity index is 1.15. The number of allylic oxidation sites excluding steroid dienone is 2. The molecule has 43 heavy (non-hydrogen) atoms. The minimum Gasteiger partial charge on any atom is -0.493 e. The number of rotatable bonds is 10. The van der Waals surface area contributed by atoms with Crippen molar-refractivity contribution in [3.05, 3.63) is 93.6 Å². The molecule has 0 saturated heterocycles. The maximum atomic E-state index is 13.5. The van der Waals surface area contributed by atoms with Crippen molar-refractivity contribution in [3.63, 3.8) is 0 Å². The van der Waals surface area contributed by atoms with E-state index in [0.29, 0.717) is 47.4 Å². The molecule has 1 saturated carbocycles. The summed E-state index contributed by atoms with van der Waals surface area (Å²) in [6.45, 7) is 0.651. The van der Waals surface area contributed by atoms with Gasteiger partial charge >= 0.3 is 6.09 Å². The van der Waals surface area contributed by atoms with E-state index in [-0.39, 0.29) is 36.8 Å². The van der Waals surface area contributed by atoms with Gasteiger partial charge in [-0.25, -0.2) is 17.9 Å². The van der Waals surface area contributed by atoms with E-state index in [4.69, 9.17) is 32.7 Å². The highest BCUT2D eigenvalue weighted by Gasteiger charge is 2.43. The molecule has 3 N–H and O–H groups in total. The summed E-state index contributed by atoms with van der Waals surface area (Å²) in [5.74, 6) is 1.12. The zero-order valence-corrected chi connectivity index (χ0v) is 25.6. The fourth-order valence-electron chi connectivity index (χ4n) is 5.71. The summed E-state index contributed by atoms with van der Waals surface area (Å²) in [6, 6.07) is 13.8. The lowest BCUT2D eigenvalue weighted by Gasteiger charge is -2.37. The quantitative estimate of drug-likeness (QED) is 0.332. The number of amides is 1. The van der Waals surface area contributed by atoms with Gasteiger partial charge in [-0.1, -0.05) is 47.5 Å². The molecule has 228 valence electrons. The molecule has 0 spiro atoms. The van der Waals surface area contributed by atoms with Crippen molar-refractivity contribution in [2.45, 2.75) is 49.1 Å². The average molecular weight is 647 g/mol. The van der Waals surface area contributed by atoms with Gasteiger partial charge in [-0.15, -0.1) is 0 Å². The maximum Gasteiger partial charge on any atom is 0.416 e. The predicted octanol–water partition coefficient (Wildman–Crippen LogP) is 5.03. The number of hydrogen-bond donors (Lipinski definition) is 3. The van der Waals surface area contributed by atoms with Crippen LogP contribution in [-0.4, -0.2) is 61.6 Å². The second-order valence-electron chi connectivity index (χ2n) is 11.2. The van der Waals surface area contributed by atoms with Crippen molar-refractivity contribution in [2.24, 2.45) is 5.92 Å². The second-order valence-corrected chi connectivity index (χ2v) is 14.1. The number of aliphatic hydroxyl groups is 1. The number of carbonyl (C=O) groups excluding carboxylic acids is 1. The number of sulfonamides is 1. The Morgan fingerprint density at radius 2 is 1.81 bits per heavy atom. The molecule has 2 aromatic rings. The van der Waals surface area contributed by atoms with Crippen molar-refractivity contribution in [1.29, 1.82) is 0 Å². The minimum atomic E-state index is -3.34. The molecule has 3 unspecified atom stereocenters. The first-order chi connectivity index (χ1) is 20.7. The van der Waals surface area contributed by atoms with Gasteiger partial charge in [0.15, 0.2) is 0 Å². The summed E-state index contributed by atoms with van der Waals surface area (Å²) in [7, 11) is -3.34. The third-order valence-electron chi connectivity index (χ3n) is 8.12. The molecule has 6 rings (SSSR count). The van der Waals surface area contributed by atoms with E-state index >= 15 is 0 Å². The van der Waals surface area contributed by atoms with Crippen molar-refractivity contribution in [1.82, 2.24) is 14.9 Å². The zero-order chi connectivity index (χ0) is 30.1. The standard InChI is InChI=1S/C31H33Cl2N3O6S/c32-20-3-8-24(9-4-20)42-31(38)36-15-13-26-27-17-21(33)5-12-28(27)35-29(26)30(36)19-1-6-23(7-2-19)41-16-14-22(37)18-34-43(39,40)25-10-11-25/h1-9,12,17,22,25,27-28,30,34-35,37H,10-11,13-16,18H2/t22?,27?,28?,30-/m0/s1. The maximum absolute atomic E-state index is 13.5. The molecular formula is C31H33Cl2N3O6S. The van der Waals surface area contributed by atoms with Gasteiger partial charge in [0, 0.05) is 41.2 Å². The molecule has 0 aromatic heterocycles. The van der Waals surface area contributed by atoms with Gasteiger partial charge in [-0.2, -0.15) is 0 Å². The van der Waals surface area contributed by atoms with Crippen LogP contribution in [0.1, 0.15) is 37.3 Å². The van der Waals surface area contributed by atoms with Gasteiger partial charge in [0.25, 0.3) is 0 Å². The molecule has 2 heterocycles. The summed E-state index contributed by atoms with van der Waals surface area (Å²) in [5.41, 5.74) is 3.07. The lowest BCUT2D eigenvalue weighted by Crippen LogP contribution is -2.43. The van der Waals surface area contributed by atoms with Crippen LogP contribution >= 0.6 is 23.2 Å². The number of nitrogens with one attached hydrogen (secondary N) is 2. The molecule has 2 aliphatic heterocycles. The molecule has 4 atom stereocenters. The average Bonchev–Trinajstić information content (AvgIpc) is 3.80. The van der Waals surface area contributed by atoms with Crippen LogP contribution in [0.2, 0.25) is 5.02 Å². The van der Waals surface area contributed by atoms with Crippen LogP contribution in [0.3, 0.4) is 0 Å². The Kier molecular flexibility index (Phi) is 8.75. The number of halogens is 2. The van der Waals surface area contributed by atoms with Crippen molar-refractivity contribution in [3.8, 4) is 11.5 Å². The van der Waals surface area contributed by atoms with Gasteiger partial charge in [-0.3, -0.25) is 4.90 Å². The summed E-state index contributed by atoms with van der Waals surface area (Å²) in [6.07, 6.45) is 6.99. The van der Waals surface area contributed by atoms with E-state index in [1.165, 1.54) is 5.57 Å². The van der Waals surface area contributed by atoms with E-state index in [1.54, 1.807) is 29.2 Å². The van der Waals surface area contributed by atoms with E-state index in [2.05, 4.69) is 22.2 Å². The van der Waals surface area contributed by atoms with Gasteiger partial charge in [0.05, 0.1) is 24.0 Å². The second kappa shape index (κ2) is 12.5. The fourth-order valence-corrected chi connectivity index (χ4v) is 7.46. The number of aliphatic hydroxyl groups excluding tert-OH is 1. The minimum absolute atomic E-state index is 0.0349. The molecule has 2 aliphatic carbocycles. The zero-order valence-electron chi connectivity index (χ0n) is 23.3. The first kappa shape index (κ1) is 30.0. The molecule has 0 bridgehead atoms. The molecule has 9 nitrogen and oxygen atoms in total. The molecule has 1 fully saturated rings.